The number of para-hydroxylation sites is 1. The van der Waals surface area contributed by atoms with E-state index in [1.54, 1.807) is 48.5 Å². The lowest BCUT2D eigenvalue weighted by Gasteiger charge is -2.14. The van der Waals surface area contributed by atoms with Crippen LogP contribution in [0.3, 0.4) is 0 Å². The van der Waals surface area contributed by atoms with Crippen LogP contribution in [0.2, 0.25) is 10.0 Å². The van der Waals surface area contributed by atoms with Gasteiger partial charge in [0.1, 0.15) is 18.2 Å². The minimum absolute atomic E-state index is 0.0396. The second-order valence-electron chi connectivity index (χ2n) is 6.52. The van der Waals surface area contributed by atoms with E-state index in [1.807, 2.05) is 12.1 Å². The summed E-state index contributed by atoms with van der Waals surface area (Å²) in [6.07, 6.45) is 1.72. The van der Waals surface area contributed by atoms with Gasteiger partial charge in [0.05, 0.1) is 15.6 Å². The molecule has 8 heteroatoms. The molecule has 1 fully saturated rings. The van der Waals surface area contributed by atoms with E-state index in [9.17, 15) is 9.18 Å². The average Bonchev–Trinajstić information content (AvgIpc) is 3.02. The molecule has 0 saturated carbocycles. The Labute approximate surface area is 198 Å². The van der Waals surface area contributed by atoms with E-state index < -0.39 is 5.82 Å². The molecule has 0 N–H and O–H groups in total. The van der Waals surface area contributed by atoms with Crippen molar-refractivity contribution in [1.29, 1.82) is 0 Å². The predicted molar refractivity (Wildman–Crippen MR) is 129 cm³/mol. The number of nitrogens with zero attached hydrogens (tertiary/aromatic N) is 1. The molecule has 1 heterocycles. The number of rotatable bonds is 5. The summed E-state index contributed by atoms with van der Waals surface area (Å²) in [7, 11) is 0. The Hall–Kier alpha value is -2.38. The minimum atomic E-state index is -0.436. The Bertz CT molecular complexity index is 1180. The third-order valence-electron chi connectivity index (χ3n) is 4.52. The predicted octanol–water partition coefficient (Wildman–Crippen LogP) is 7.12. The van der Waals surface area contributed by atoms with Gasteiger partial charge in [-0.25, -0.2) is 4.39 Å². The van der Waals surface area contributed by atoms with Crippen molar-refractivity contribution in [3.8, 4) is 5.75 Å². The fraction of sp³-hybridized carbons (Fsp3) is 0.0435. The van der Waals surface area contributed by atoms with Crippen LogP contribution in [-0.4, -0.2) is 10.2 Å². The highest BCUT2D eigenvalue weighted by Crippen LogP contribution is 2.37. The third-order valence-corrected chi connectivity index (χ3v) is 6.43. The lowest BCUT2D eigenvalue weighted by molar-refractivity contribution is -0.113. The normalized spacial score (nSPS) is 15.1. The molecule has 156 valence electrons. The second-order valence-corrected chi connectivity index (χ2v) is 9.04. The maximum atomic E-state index is 14.1. The van der Waals surface area contributed by atoms with E-state index in [0.29, 0.717) is 36.3 Å². The van der Waals surface area contributed by atoms with Crippen molar-refractivity contribution in [3.05, 3.63) is 98.6 Å². The summed E-state index contributed by atoms with van der Waals surface area (Å²) in [5, 5.41) is 0.868. The van der Waals surface area contributed by atoms with Crippen molar-refractivity contribution in [3.63, 3.8) is 0 Å². The highest BCUT2D eigenvalue weighted by molar-refractivity contribution is 8.27. The van der Waals surface area contributed by atoms with Gasteiger partial charge < -0.3 is 4.74 Å². The van der Waals surface area contributed by atoms with Crippen molar-refractivity contribution in [2.75, 3.05) is 4.90 Å². The molecule has 0 aliphatic carbocycles. The van der Waals surface area contributed by atoms with Gasteiger partial charge in [-0.1, -0.05) is 71.4 Å². The molecule has 1 saturated heterocycles. The van der Waals surface area contributed by atoms with Crippen LogP contribution in [0.1, 0.15) is 11.1 Å². The molecule has 1 aliphatic heterocycles. The summed E-state index contributed by atoms with van der Waals surface area (Å²) in [6, 6.07) is 18.6. The summed E-state index contributed by atoms with van der Waals surface area (Å²) >= 11 is 18.6. The Morgan fingerprint density at radius 3 is 2.52 bits per heavy atom. The molecule has 31 heavy (non-hydrogen) atoms. The van der Waals surface area contributed by atoms with E-state index in [1.165, 1.54) is 28.8 Å². The summed E-state index contributed by atoms with van der Waals surface area (Å²) in [5.74, 6) is -0.170. The number of carbonyl (C=O) groups excluding carboxylic acids is 1. The Morgan fingerprint density at radius 2 is 1.77 bits per heavy atom. The van der Waals surface area contributed by atoms with E-state index in [4.69, 9.17) is 40.2 Å². The maximum Gasteiger partial charge on any atom is 0.270 e. The molecule has 0 unspecified atom stereocenters. The van der Waals surface area contributed by atoms with Crippen LogP contribution in [0.15, 0.2) is 71.6 Å². The quantitative estimate of drug-likeness (QED) is 0.282. The van der Waals surface area contributed by atoms with Crippen LogP contribution in [0.5, 0.6) is 5.75 Å². The molecule has 0 aromatic heterocycles. The first-order chi connectivity index (χ1) is 14.9. The lowest BCUT2D eigenvalue weighted by Crippen LogP contribution is -2.27. The molecule has 0 atom stereocenters. The second kappa shape index (κ2) is 9.40. The fourth-order valence-electron chi connectivity index (χ4n) is 2.97. The van der Waals surface area contributed by atoms with E-state index in [2.05, 4.69) is 0 Å². The number of ether oxygens (including phenoxy) is 1. The third kappa shape index (κ3) is 4.77. The topological polar surface area (TPSA) is 29.5 Å². The highest BCUT2D eigenvalue weighted by atomic mass is 35.5. The van der Waals surface area contributed by atoms with Gasteiger partial charge in [0.25, 0.3) is 5.91 Å². The van der Waals surface area contributed by atoms with Gasteiger partial charge in [0.2, 0.25) is 0 Å². The van der Waals surface area contributed by atoms with Crippen LogP contribution in [0, 0.1) is 5.82 Å². The monoisotopic (exact) mass is 489 g/mol. The summed E-state index contributed by atoms with van der Waals surface area (Å²) in [5.41, 5.74) is 1.59. The molecular formula is C23H14Cl2FNO2S2. The number of benzene rings is 3. The maximum absolute atomic E-state index is 14.1. The van der Waals surface area contributed by atoms with Gasteiger partial charge in [0, 0.05) is 16.1 Å². The first kappa shape index (κ1) is 21.8. The number of anilines is 1. The van der Waals surface area contributed by atoms with E-state index in [0.717, 1.165) is 0 Å². The van der Waals surface area contributed by atoms with Gasteiger partial charge >= 0.3 is 0 Å². The van der Waals surface area contributed by atoms with Crippen LogP contribution in [0.25, 0.3) is 6.08 Å². The van der Waals surface area contributed by atoms with Crippen LogP contribution >= 0.6 is 47.2 Å². The van der Waals surface area contributed by atoms with Crippen LogP contribution < -0.4 is 9.64 Å². The van der Waals surface area contributed by atoms with Crippen molar-refractivity contribution in [1.82, 2.24) is 0 Å². The number of halogens is 3. The van der Waals surface area contributed by atoms with Crippen molar-refractivity contribution >= 4 is 69.2 Å². The highest BCUT2D eigenvalue weighted by Gasteiger charge is 2.33. The lowest BCUT2D eigenvalue weighted by atomic mass is 10.1. The molecule has 4 rings (SSSR count). The molecule has 0 radical (unpaired) electrons. The number of thiocarbonyl (C=S) groups is 1. The SMILES string of the molecule is O=C1C(=Cc2ccccc2OCc2c(F)cccc2Cl)SC(=S)N1c1ccc(Cl)cc1. The first-order valence-corrected chi connectivity index (χ1v) is 11.1. The summed E-state index contributed by atoms with van der Waals surface area (Å²) in [4.78, 5) is 14.9. The molecule has 3 nitrogen and oxygen atoms in total. The molecule has 0 bridgehead atoms. The standard InChI is InChI=1S/C23H14Cl2FNO2S2/c24-15-8-10-16(11-9-15)27-22(28)21(31-23(27)30)12-14-4-1-2-7-20(14)29-13-17-18(25)5-3-6-19(17)26/h1-12H,13H2. The largest absolute Gasteiger partial charge is 0.488 e. The number of amides is 1. The van der Waals surface area contributed by atoms with Gasteiger partial charge in [-0.15, -0.1) is 0 Å². The van der Waals surface area contributed by atoms with Gasteiger partial charge in [-0.05, 0) is 48.5 Å². The zero-order chi connectivity index (χ0) is 22.0. The van der Waals surface area contributed by atoms with Crippen molar-refractivity contribution < 1.29 is 13.9 Å². The Morgan fingerprint density at radius 1 is 1.03 bits per heavy atom. The fourth-order valence-corrected chi connectivity index (χ4v) is 4.61. The Balaban J connectivity index is 1.59. The van der Waals surface area contributed by atoms with Crippen LogP contribution in [-0.2, 0) is 11.4 Å². The molecular weight excluding hydrogens is 476 g/mol. The molecule has 3 aromatic carbocycles. The summed E-state index contributed by atoms with van der Waals surface area (Å²) < 4.78 is 20.3. The average molecular weight is 490 g/mol. The summed E-state index contributed by atoms with van der Waals surface area (Å²) in [6.45, 7) is -0.0396. The molecule has 1 amide bonds. The zero-order valence-electron chi connectivity index (χ0n) is 15.8. The zero-order valence-corrected chi connectivity index (χ0v) is 19.0. The van der Waals surface area contributed by atoms with E-state index >= 15 is 0 Å². The first-order valence-electron chi connectivity index (χ1n) is 9.12. The Kier molecular flexibility index (Phi) is 6.62. The minimum Gasteiger partial charge on any atom is -0.488 e. The van der Waals surface area contributed by atoms with E-state index in [-0.39, 0.29) is 18.1 Å². The van der Waals surface area contributed by atoms with Gasteiger partial charge in [-0.2, -0.15) is 0 Å². The number of hydrogen-bond donors (Lipinski definition) is 0. The smallest absolute Gasteiger partial charge is 0.270 e. The van der Waals surface area contributed by atoms with Crippen molar-refractivity contribution in [2.45, 2.75) is 6.61 Å². The molecule has 0 spiro atoms. The number of hydrogen-bond acceptors (Lipinski definition) is 4. The number of carbonyl (C=O) groups is 1. The number of thioether (sulfide) groups is 1. The van der Waals surface area contributed by atoms with Gasteiger partial charge in [0.15, 0.2) is 4.32 Å². The van der Waals surface area contributed by atoms with Gasteiger partial charge in [-0.3, -0.25) is 9.69 Å². The van der Waals surface area contributed by atoms with Crippen molar-refractivity contribution in [2.24, 2.45) is 0 Å². The molecule has 3 aromatic rings. The van der Waals surface area contributed by atoms with Crippen LogP contribution in [0.4, 0.5) is 10.1 Å². The molecule has 1 aliphatic rings.